The summed E-state index contributed by atoms with van der Waals surface area (Å²) in [6, 6.07) is 39.7. The van der Waals surface area contributed by atoms with Crippen LogP contribution < -0.4 is 9.80 Å². The topological polar surface area (TPSA) is 32.3 Å². The summed E-state index contributed by atoms with van der Waals surface area (Å²) >= 11 is 1.77. The molecule has 0 fully saturated rings. The summed E-state index contributed by atoms with van der Waals surface area (Å²) in [6.45, 7) is 2.36. The molecular weight excluding hydrogens is 617 g/mol. The first-order valence-corrected chi connectivity index (χ1v) is 17.7. The Bertz CT molecular complexity index is 2580. The quantitative estimate of drug-likeness (QED) is 0.191. The largest absolute Gasteiger partial charge is 0.333 e. The number of anilines is 4. The molecule has 49 heavy (non-hydrogen) atoms. The molecule has 0 bridgehead atoms. The summed E-state index contributed by atoms with van der Waals surface area (Å²) in [5.41, 5.74) is 8.96. The van der Waals surface area contributed by atoms with Crippen molar-refractivity contribution in [3.8, 4) is 11.3 Å². The lowest BCUT2D eigenvalue weighted by molar-refractivity contribution is 0.551. The number of thiophene rings is 1. The molecule has 3 aliphatic rings. The first-order valence-electron chi connectivity index (χ1n) is 16.8. The Balaban J connectivity index is 1.22. The molecule has 0 radical (unpaired) electrons. The average Bonchev–Trinajstić information content (AvgIpc) is 3.64. The van der Waals surface area contributed by atoms with E-state index in [0.717, 1.165) is 39.0 Å². The van der Waals surface area contributed by atoms with Crippen LogP contribution in [0.15, 0.2) is 158 Å². The van der Waals surface area contributed by atoms with Crippen molar-refractivity contribution in [2.24, 2.45) is 0 Å². The number of para-hydroxylation sites is 1. The predicted octanol–water partition coefficient (Wildman–Crippen LogP) is 11.3. The highest BCUT2D eigenvalue weighted by Crippen LogP contribution is 2.53. The van der Waals surface area contributed by atoms with E-state index in [9.17, 15) is 0 Å². The van der Waals surface area contributed by atoms with Crippen molar-refractivity contribution in [1.82, 2.24) is 9.97 Å². The standard InChI is InChI=1S/C44H32N4S/c1-44-24-12-11-21-39(44)48(33-17-5-2-6-18-33)37-28-32(22-23-35(37)44)40-42-41(34-19-9-10-20-38(34)49-42)46-43(45-40)47-25-13-3-4-16-31-26-29-14-7-8-15-30(29)27-36(31)47/h2-15,17-28,39H,16H2,1H3/b4-3-,25-13-. The number of rotatable bonds is 3. The summed E-state index contributed by atoms with van der Waals surface area (Å²) in [6.07, 6.45) is 18.4. The maximum atomic E-state index is 5.48. The molecule has 4 nitrogen and oxygen atoms in total. The molecule has 7 aromatic rings. The lowest BCUT2D eigenvalue weighted by atomic mass is 9.76. The lowest BCUT2D eigenvalue weighted by Crippen LogP contribution is -2.39. The van der Waals surface area contributed by atoms with E-state index in [1.54, 1.807) is 11.3 Å². The highest BCUT2D eigenvalue weighted by molar-refractivity contribution is 7.26. The van der Waals surface area contributed by atoms with Gasteiger partial charge in [0, 0.05) is 38.6 Å². The predicted molar refractivity (Wildman–Crippen MR) is 206 cm³/mol. The summed E-state index contributed by atoms with van der Waals surface area (Å²) in [5.74, 6) is 0.668. The molecule has 234 valence electrons. The maximum Gasteiger partial charge on any atom is 0.235 e. The summed E-state index contributed by atoms with van der Waals surface area (Å²) < 4.78 is 2.32. The zero-order chi connectivity index (χ0) is 32.5. The fourth-order valence-electron chi connectivity index (χ4n) is 7.91. The van der Waals surface area contributed by atoms with E-state index in [-0.39, 0.29) is 11.5 Å². The molecule has 2 atom stereocenters. The van der Waals surface area contributed by atoms with E-state index < -0.39 is 0 Å². The molecule has 5 aromatic carbocycles. The van der Waals surface area contributed by atoms with E-state index in [1.165, 1.54) is 38.0 Å². The molecule has 10 rings (SSSR count). The van der Waals surface area contributed by atoms with Gasteiger partial charge in [0.1, 0.15) is 0 Å². The van der Waals surface area contributed by atoms with Crippen molar-refractivity contribution in [2.75, 3.05) is 9.80 Å². The van der Waals surface area contributed by atoms with Gasteiger partial charge in [-0.15, -0.1) is 11.3 Å². The third-order valence-electron chi connectivity index (χ3n) is 10.3. The van der Waals surface area contributed by atoms with Gasteiger partial charge in [-0.1, -0.05) is 109 Å². The van der Waals surface area contributed by atoms with Gasteiger partial charge >= 0.3 is 0 Å². The third-order valence-corrected chi connectivity index (χ3v) is 11.5. The molecule has 0 N–H and O–H groups in total. The maximum absolute atomic E-state index is 5.48. The zero-order valence-corrected chi connectivity index (χ0v) is 27.8. The van der Waals surface area contributed by atoms with Gasteiger partial charge in [0.2, 0.25) is 5.95 Å². The van der Waals surface area contributed by atoms with Gasteiger partial charge in [-0.3, -0.25) is 4.90 Å². The lowest BCUT2D eigenvalue weighted by Gasteiger charge is -2.34. The normalized spacial score (nSPS) is 20.6. The summed E-state index contributed by atoms with van der Waals surface area (Å²) in [4.78, 5) is 15.5. The van der Waals surface area contributed by atoms with Crippen LogP contribution in [0.1, 0.15) is 18.1 Å². The second kappa shape index (κ2) is 10.9. The van der Waals surface area contributed by atoms with Crippen molar-refractivity contribution in [3.05, 3.63) is 169 Å². The summed E-state index contributed by atoms with van der Waals surface area (Å²) in [5, 5.41) is 3.59. The minimum atomic E-state index is -0.141. The molecule has 0 spiro atoms. The van der Waals surface area contributed by atoms with Crippen molar-refractivity contribution in [2.45, 2.75) is 24.8 Å². The Morgan fingerprint density at radius 2 is 1.57 bits per heavy atom. The van der Waals surface area contributed by atoms with Gasteiger partial charge in [0.25, 0.3) is 0 Å². The third kappa shape index (κ3) is 4.36. The highest BCUT2D eigenvalue weighted by atomic mass is 32.1. The number of aromatic nitrogens is 2. The molecule has 5 heteroatoms. The highest BCUT2D eigenvalue weighted by Gasteiger charge is 2.46. The van der Waals surface area contributed by atoms with Gasteiger partial charge in [-0.25, -0.2) is 9.97 Å². The van der Waals surface area contributed by atoms with Crippen LogP contribution in [0.25, 0.3) is 42.3 Å². The minimum absolute atomic E-state index is 0.141. The van der Waals surface area contributed by atoms with Crippen LogP contribution in [0.3, 0.4) is 0 Å². The number of hydrogen-bond acceptors (Lipinski definition) is 5. The number of hydrogen-bond donors (Lipinski definition) is 0. The molecule has 2 unspecified atom stereocenters. The van der Waals surface area contributed by atoms with Crippen LogP contribution in [0.4, 0.5) is 23.0 Å². The molecule has 1 aliphatic carbocycles. The number of allylic oxidation sites excluding steroid dienone is 5. The van der Waals surface area contributed by atoms with Crippen LogP contribution in [0.5, 0.6) is 0 Å². The van der Waals surface area contributed by atoms with Crippen LogP contribution in [-0.4, -0.2) is 16.0 Å². The first kappa shape index (κ1) is 28.3. The SMILES string of the molecule is CC12C=CC=CC1N(c1ccccc1)c1cc(-c3nc(N4/C=C\C=C/Cc5cc6ccccc6cc54)nc4c3sc3ccccc34)ccc12. The van der Waals surface area contributed by atoms with Gasteiger partial charge in [-0.2, -0.15) is 0 Å². The molecular formula is C44H32N4S. The van der Waals surface area contributed by atoms with Crippen LogP contribution >= 0.6 is 11.3 Å². The Hall–Kier alpha value is -5.78. The smallest absolute Gasteiger partial charge is 0.235 e. The van der Waals surface area contributed by atoms with Crippen LogP contribution in [-0.2, 0) is 11.8 Å². The molecule has 0 amide bonds. The van der Waals surface area contributed by atoms with Crippen molar-refractivity contribution < 1.29 is 0 Å². The van der Waals surface area contributed by atoms with Crippen LogP contribution in [0.2, 0.25) is 0 Å². The number of nitrogens with zero attached hydrogens (tertiary/aromatic N) is 4. The molecule has 2 aromatic heterocycles. The van der Waals surface area contributed by atoms with E-state index in [0.29, 0.717) is 5.95 Å². The van der Waals surface area contributed by atoms with Crippen molar-refractivity contribution in [3.63, 3.8) is 0 Å². The Morgan fingerprint density at radius 1 is 0.755 bits per heavy atom. The molecule has 2 aliphatic heterocycles. The second-order valence-corrected chi connectivity index (χ2v) is 14.3. The zero-order valence-electron chi connectivity index (χ0n) is 27.0. The van der Waals surface area contributed by atoms with Gasteiger partial charge < -0.3 is 4.90 Å². The van der Waals surface area contributed by atoms with Gasteiger partial charge in [0.15, 0.2) is 0 Å². The first-order chi connectivity index (χ1) is 24.2. The van der Waals surface area contributed by atoms with E-state index in [4.69, 9.17) is 9.97 Å². The van der Waals surface area contributed by atoms with E-state index >= 15 is 0 Å². The minimum Gasteiger partial charge on any atom is -0.333 e. The average molecular weight is 649 g/mol. The number of fused-ring (bicyclic) bond motifs is 8. The molecule has 4 heterocycles. The second-order valence-electron chi connectivity index (χ2n) is 13.2. The van der Waals surface area contributed by atoms with E-state index in [1.807, 2.05) is 0 Å². The van der Waals surface area contributed by atoms with E-state index in [2.05, 4.69) is 175 Å². The van der Waals surface area contributed by atoms with Crippen LogP contribution in [0, 0.1) is 0 Å². The molecule has 0 saturated heterocycles. The Kier molecular flexibility index (Phi) is 6.27. The molecule has 0 saturated carbocycles. The number of benzene rings is 5. The van der Waals surface area contributed by atoms with Gasteiger partial charge in [-0.05, 0) is 77.7 Å². The monoisotopic (exact) mass is 648 g/mol. The fourth-order valence-corrected chi connectivity index (χ4v) is 9.06. The Labute approximate surface area is 289 Å². The fraction of sp³-hybridized carbons (Fsp3) is 0.0909. The Morgan fingerprint density at radius 3 is 2.47 bits per heavy atom. The van der Waals surface area contributed by atoms with Crippen molar-refractivity contribution >= 4 is 65.4 Å². The van der Waals surface area contributed by atoms with Gasteiger partial charge in [0.05, 0.1) is 27.6 Å². The summed E-state index contributed by atoms with van der Waals surface area (Å²) in [7, 11) is 0. The van der Waals surface area contributed by atoms with Crippen molar-refractivity contribution in [1.29, 1.82) is 0 Å².